The minimum absolute atomic E-state index is 0.0244. The molecule has 3 aromatic heterocycles. The first kappa shape index (κ1) is 24.6. The number of hydrogen-bond donors (Lipinski definition) is 1. The van der Waals surface area contributed by atoms with E-state index in [1.165, 1.54) is 6.07 Å². The number of aryl methyl sites for hydroxylation is 1. The molecular weight excluding hydrogens is 481 g/mol. The first-order chi connectivity index (χ1) is 18.5. The Morgan fingerprint density at radius 1 is 1.16 bits per heavy atom. The lowest BCUT2D eigenvalue weighted by atomic mass is 9.80. The minimum Gasteiger partial charge on any atom is -0.343 e. The van der Waals surface area contributed by atoms with Gasteiger partial charge in [0.2, 0.25) is 5.91 Å². The number of halogens is 1. The van der Waals surface area contributed by atoms with Crippen LogP contribution in [0.1, 0.15) is 41.9 Å². The molecular formula is C30H32FN5O2. The smallest absolute Gasteiger partial charge is 0.250 e. The summed E-state index contributed by atoms with van der Waals surface area (Å²) in [5.74, 6) is -0.488. The van der Waals surface area contributed by atoms with Crippen LogP contribution in [0.15, 0.2) is 72.0 Å². The molecule has 6 rings (SSSR count). The van der Waals surface area contributed by atoms with Crippen LogP contribution in [-0.4, -0.2) is 44.1 Å². The van der Waals surface area contributed by atoms with E-state index in [0.29, 0.717) is 25.0 Å². The number of benzene rings is 1. The SMILES string of the molecule is Cn1ccc(C2CCNCC2C(=O)N(Cc2cn(Cc3ccncc3)c3cccc(F)c23)C2CC2)cc1=O. The third-order valence-electron chi connectivity index (χ3n) is 8.00. The summed E-state index contributed by atoms with van der Waals surface area (Å²) in [6, 6.07) is 12.9. The van der Waals surface area contributed by atoms with Crippen LogP contribution in [0.25, 0.3) is 10.9 Å². The summed E-state index contributed by atoms with van der Waals surface area (Å²) in [6.45, 7) is 2.34. The largest absolute Gasteiger partial charge is 0.343 e. The van der Waals surface area contributed by atoms with Crippen molar-refractivity contribution in [3.63, 3.8) is 0 Å². The lowest BCUT2D eigenvalue weighted by Gasteiger charge is -2.35. The van der Waals surface area contributed by atoms with Gasteiger partial charge in [-0.2, -0.15) is 0 Å². The van der Waals surface area contributed by atoms with E-state index in [1.807, 2.05) is 35.4 Å². The number of rotatable bonds is 7. The van der Waals surface area contributed by atoms with Crippen molar-refractivity contribution in [1.82, 2.24) is 24.3 Å². The third kappa shape index (κ3) is 4.76. The molecule has 2 fully saturated rings. The van der Waals surface area contributed by atoms with Crippen LogP contribution in [0.5, 0.6) is 0 Å². The van der Waals surface area contributed by atoms with Crippen LogP contribution in [0.3, 0.4) is 0 Å². The summed E-state index contributed by atoms with van der Waals surface area (Å²) in [6.07, 6.45) is 10.00. The van der Waals surface area contributed by atoms with E-state index >= 15 is 4.39 Å². The maximum atomic E-state index is 15.2. The van der Waals surface area contributed by atoms with Gasteiger partial charge in [-0.25, -0.2) is 4.39 Å². The van der Waals surface area contributed by atoms with E-state index in [9.17, 15) is 9.59 Å². The molecule has 4 heterocycles. The van der Waals surface area contributed by atoms with Gasteiger partial charge in [-0.3, -0.25) is 14.6 Å². The highest BCUT2D eigenvalue weighted by Gasteiger charge is 2.40. The van der Waals surface area contributed by atoms with Gasteiger partial charge in [-0.05, 0) is 78.7 Å². The molecule has 7 nitrogen and oxygen atoms in total. The van der Waals surface area contributed by atoms with E-state index in [1.54, 1.807) is 42.3 Å². The van der Waals surface area contributed by atoms with Gasteiger partial charge in [0.25, 0.3) is 5.56 Å². The second kappa shape index (κ2) is 10.2. The molecule has 1 aliphatic heterocycles. The van der Waals surface area contributed by atoms with Crippen molar-refractivity contribution in [2.24, 2.45) is 13.0 Å². The number of aromatic nitrogens is 3. The highest BCUT2D eigenvalue weighted by atomic mass is 19.1. The summed E-state index contributed by atoms with van der Waals surface area (Å²) in [5.41, 5.74) is 3.57. The van der Waals surface area contributed by atoms with E-state index in [2.05, 4.69) is 14.9 Å². The highest BCUT2D eigenvalue weighted by Crippen LogP contribution is 2.37. The van der Waals surface area contributed by atoms with E-state index < -0.39 is 0 Å². The molecule has 8 heteroatoms. The van der Waals surface area contributed by atoms with E-state index in [0.717, 1.165) is 48.0 Å². The van der Waals surface area contributed by atoms with Gasteiger partial charge in [-0.15, -0.1) is 0 Å². The summed E-state index contributed by atoms with van der Waals surface area (Å²) in [4.78, 5) is 32.5. The van der Waals surface area contributed by atoms with E-state index in [-0.39, 0.29) is 35.2 Å². The molecule has 0 bridgehead atoms. The van der Waals surface area contributed by atoms with E-state index in [4.69, 9.17) is 0 Å². The summed E-state index contributed by atoms with van der Waals surface area (Å²) in [7, 11) is 1.73. The van der Waals surface area contributed by atoms with Crippen molar-refractivity contribution in [3.8, 4) is 0 Å². The van der Waals surface area contributed by atoms with Gasteiger partial charge in [0.15, 0.2) is 0 Å². The number of fused-ring (bicyclic) bond motifs is 1. The number of amides is 1. The highest BCUT2D eigenvalue weighted by molar-refractivity contribution is 5.86. The first-order valence-corrected chi connectivity index (χ1v) is 13.3. The Morgan fingerprint density at radius 2 is 1.97 bits per heavy atom. The lowest BCUT2D eigenvalue weighted by molar-refractivity contribution is -0.138. The molecule has 1 amide bonds. The zero-order chi connectivity index (χ0) is 26.2. The van der Waals surface area contributed by atoms with Gasteiger partial charge in [0.1, 0.15) is 5.82 Å². The minimum atomic E-state index is -0.272. The van der Waals surface area contributed by atoms with Crippen LogP contribution >= 0.6 is 0 Å². The number of nitrogens with zero attached hydrogens (tertiary/aromatic N) is 4. The predicted octanol–water partition coefficient (Wildman–Crippen LogP) is 3.81. The van der Waals surface area contributed by atoms with Crippen molar-refractivity contribution in [3.05, 3.63) is 100 Å². The fourth-order valence-electron chi connectivity index (χ4n) is 5.81. The molecule has 2 atom stereocenters. The molecule has 1 aliphatic carbocycles. The van der Waals surface area contributed by atoms with Gasteiger partial charge in [0, 0.05) is 69.0 Å². The molecule has 0 radical (unpaired) electrons. The summed E-state index contributed by atoms with van der Waals surface area (Å²) >= 11 is 0. The average Bonchev–Trinajstić information content (AvgIpc) is 3.72. The quantitative estimate of drug-likeness (QED) is 0.408. The number of nitrogens with one attached hydrogen (secondary N) is 1. The first-order valence-electron chi connectivity index (χ1n) is 13.3. The number of pyridine rings is 2. The molecule has 2 aliphatic rings. The summed E-state index contributed by atoms with van der Waals surface area (Å²) < 4.78 is 18.8. The van der Waals surface area contributed by atoms with Gasteiger partial charge < -0.3 is 19.4 Å². The second-order valence-electron chi connectivity index (χ2n) is 10.6. The molecule has 1 saturated heterocycles. The fourth-order valence-corrected chi connectivity index (χ4v) is 5.81. The topological polar surface area (TPSA) is 72.2 Å². The Morgan fingerprint density at radius 3 is 2.74 bits per heavy atom. The lowest BCUT2D eigenvalue weighted by Crippen LogP contribution is -2.47. The third-order valence-corrected chi connectivity index (χ3v) is 8.00. The van der Waals surface area contributed by atoms with Crippen LogP contribution < -0.4 is 10.9 Å². The van der Waals surface area contributed by atoms with Crippen molar-refractivity contribution in [1.29, 1.82) is 0 Å². The normalized spacial score (nSPS) is 19.5. The Bertz CT molecular complexity index is 1520. The molecule has 4 aromatic rings. The maximum Gasteiger partial charge on any atom is 0.250 e. The number of carbonyl (C=O) groups excluding carboxylic acids is 1. The molecule has 196 valence electrons. The van der Waals surface area contributed by atoms with Gasteiger partial charge >= 0.3 is 0 Å². The molecule has 0 spiro atoms. The Hall–Kier alpha value is -3.78. The van der Waals surface area contributed by atoms with Crippen LogP contribution in [0.2, 0.25) is 0 Å². The molecule has 38 heavy (non-hydrogen) atoms. The molecule has 1 N–H and O–H groups in total. The fraction of sp³-hybridized carbons (Fsp3) is 0.367. The van der Waals surface area contributed by atoms with Crippen LogP contribution in [-0.2, 0) is 24.9 Å². The second-order valence-corrected chi connectivity index (χ2v) is 10.6. The summed E-state index contributed by atoms with van der Waals surface area (Å²) in [5, 5.41) is 3.96. The van der Waals surface area contributed by atoms with Crippen molar-refractivity contribution in [2.45, 2.75) is 44.3 Å². The standard InChI is InChI=1S/C30H32FN5O2/c1-34-14-10-21(15-28(34)37)24-9-13-33-16-25(24)30(38)36(23-5-6-23)19-22-18-35(17-20-7-11-32-12-8-20)27-4-2-3-26(31)29(22)27/h2-4,7-8,10-12,14-15,18,23-25,33H,5-6,9,13,16-17,19H2,1H3. The Balaban J connectivity index is 1.33. The monoisotopic (exact) mass is 513 g/mol. The van der Waals surface area contributed by atoms with Crippen molar-refractivity contribution < 1.29 is 9.18 Å². The molecule has 1 aromatic carbocycles. The average molecular weight is 514 g/mol. The zero-order valence-corrected chi connectivity index (χ0v) is 21.5. The Labute approximate surface area is 220 Å². The number of hydrogen-bond acceptors (Lipinski definition) is 4. The number of piperidine rings is 1. The predicted molar refractivity (Wildman–Crippen MR) is 144 cm³/mol. The van der Waals surface area contributed by atoms with Gasteiger partial charge in [-0.1, -0.05) is 6.07 Å². The van der Waals surface area contributed by atoms with Crippen molar-refractivity contribution in [2.75, 3.05) is 13.1 Å². The zero-order valence-electron chi connectivity index (χ0n) is 21.5. The van der Waals surface area contributed by atoms with Gasteiger partial charge in [0.05, 0.1) is 11.4 Å². The molecule has 1 saturated carbocycles. The maximum absolute atomic E-state index is 15.2. The van der Waals surface area contributed by atoms with Crippen LogP contribution in [0, 0.1) is 11.7 Å². The molecule has 2 unspecified atom stereocenters. The van der Waals surface area contributed by atoms with Crippen molar-refractivity contribution >= 4 is 16.8 Å². The Kier molecular flexibility index (Phi) is 6.57. The number of carbonyl (C=O) groups is 1. The van der Waals surface area contributed by atoms with Crippen LogP contribution in [0.4, 0.5) is 4.39 Å².